The SMILES string of the molecule is C=CC(=O)N1C(=O)CC(C)(C)N1C. The van der Waals surface area contributed by atoms with Crippen molar-refractivity contribution < 1.29 is 9.59 Å². The van der Waals surface area contributed by atoms with Crippen molar-refractivity contribution in [2.45, 2.75) is 25.8 Å². The number of hydrogen-bond acceptors (Lipinski definition) is 3. The Morgan fingerprint density at radius 3 is 2.46 bits per heavy atom. The van der Waals surface area contributed by atoms with Gasteiger partial charge < -0.3 is 0 Å². The molecule has 0 aromatic carbocycles. The fourth-order valence-corrected chi connectivity index (χ4v) is 1.35. The minimum atomic E-state index is -0.363. The van der Waals surface area contributed by atoms with E-state index >= 15 is 0 Å². The molecule has 1 fully saturated rings. The largest absolute Gasteiger partial charge is 0.273 e. The smallest absolute Gasteiger partial charge is 0.267 e. The van der Waals surface area contributed by atoms with E-state index in [1.165, 1.54) is 0 Å². The zero-order chi connectivity index (χ0) is 10.2. The van der Waals surface area contributed by atoms with Crippen LogP contribution < -0.4 is 0 Å². The molecular weight excluding hydrogens is 168 g/mol. The highest BCUT2D eigenvalue weighted by Crippen LogP contribution is 2.27. The summed E-state index contributed by atoms with van der Waals surface area (Å²) in [5, 5.41) is 2.78. The number of hydrazine groups is 1. The fourth-order valence-electron chi connectivity index (χ4n) is 1.35. The van der Waals surface area contributed by atoms with Crippen LogP contribution in [0.2, 0.25) is 0 Å². The van der Waals surface area contributed by atoms with Crippen LogP contribution in [-0.4, -0.2) is 34.4 Å². The number of hydrogen-bond donors (Lipinski definition) is 0. The highest BCUT2D eigenvalue weighted by Gasteiger charge is 2.43. The van der Waals surface area contributed by atoms with Crippen molar-refractivity contribution in [1.29, 1.82) is 0 Å². The van der Waals surface area contributed by atoms with Crippen LogP contribution in [0.4, 0.5) is 0 Å². The molecule has 0 unspecified atom stereocenters. The Morgan fingerprint density at radius 1 is 1.62 bits per heavy atom. The van der Waals surface area contributed by atoms with Crippen LogP contribution in [0.25, 0.3) is 0 Å². The Balaban J connectivity index is 2.95. The summed E-state index contributed by atoms with van der Waals surface area (Å²) < 4.78 is 0. The Bertz CT molecular complexity index is 271. The van der Waals surface area contributed by atoms with E-state index in [0.717, 1.165) is 11.1 Å². The zero-order valence-corrected chi connectivity index (χ0v) is 8.20. The van der Waals surface area contributed by atoms with Crippen LogP contribution in [0.5, 0.6) is 0 Å². The minimum absolute atomic E-state index is 0.169. The molecule has 0 aromatic rings. The van der Waals surface area contributed by atoms with Crippen molar-refractivity contribution in [3.05, 3.63) is 12.7 Å². The molecule has 13 heavy (non-hydrogen) atoms. The van der Waals surface area contributed by atoms with Crippen molar-refractivity contribution in [3.8, 4) is 0 Å². The third-order valence-corrected chi connectivity index (χ3v) is 2.38. The summed E-state index contributed by atoms with van der Waals surface area (Å²) >= 11 is 0. The maximum absolute atomic E-state index is 11.4. The molecule has 4 heteroatoms. The average molecular weight is 182 g/mol. The van der Waals surface area contributed by atoms with Crippen molar-refractivity contribution in [3.63, 3.8) is 0 Å². The molecule has 0 atom stereocenters. The molecule has 1 aliphatic rings. The van der Waals surface area contributed by atoms with E-state index in [1.54, 1.807) is 12.1 Å². The van der Waals surface area contributed by atoms with E-state index < -0.39 is 0 Å². The molecule has 1 saturated heterocycles. The van der Waals surface area contributed by atoms with Gasteiger partial charge in [0.1, 0.15) is 0 Å². The van der Waals surface area contributed by atoms with Gasteiger partial charge in [-0.3, -0.25) is 9.59 Å². The molecule has 0 saturated carbocycles. The first-order valence-electron chi connectivity index (χ1n) is 4.13. The zero-order valence-electron chi connectivity index (χ0n) is 8.20. The molecule has 4 nitrogen and oxygen atoms in total. The molecule has 1 heterocycles. The molecule has 0 bridgehead atoms. The highest BCUT2D eigenvalue weighted by atomic mass is 16.2. The Morgan fingerprint density at radius 2 is 2.15 bits per heavy atom. The normalized spacial score (nSPS) is 22.1. The summed E-state index contributed by atoms with van der Waals surface area (Å²) in [6.45, 7) is 7.19. The average Bonchev–Trinajstić information content (AvgIpc) is 2.21. The second kappa shape index (κ2) is 2.96. The van der Waals surface area contributed by atoms with Crippen molar-refractivity contribution in [1.82, 2.24) is 10.0 Å². The second-order valence-corrected chi connectivity index (χ2v) is 3.76. The van der Waals surface area contributed by atoms with Gasteiger partial charge in [-0.2, -0.15) is 0 Å². The standard InChI is InChI=1S/C9H14N2O2/c1-5-7(12)11-8(13)6-9(2,3)10(11)4/h5H,1,6H2,2-4H3. The number of carbonyl (C=O) groups excluding carboxylic acids is 2. The van der Waals surface area contributed by atoms with Gasteiger partial charge in [-0.25, -0.2) is 10.0 Å². The molecular formula is C9H14N2O2. The second-order valence-electron chi connectivity index (χ2n) is 3.76. The van der Waals surface area contributed by atoms with Crippen LogP contribution in [0.15, 0.2) is 12.7 Å². The lowest BCUT2D eigenvalue weighted by Crippen LogP contribution is -2.46. The lowest BCUT2D eigenvalue weighted by molar-refractivity contribution is -0.153. The first-order valence-corrected chi connectivity index (χ1v) is 4.13. The Kier molecular flexibility index (Phi) is 2.26. The van der Waals surface area contributed by atoms with Gasteiger partial charge in [-0.1, -0.05) is 6.58 Å². The summed E-state index contributed by atoms with van der Waals surface area (Å²) in [5.74, 6) is -0.532. The minimum Gasteiger partial charge on any atom is -0.273 e. The molecule has 1 rings (SSSR count). The van der Waals surface area contributed by atoms with E-state index in [-0.39, 0.29) is 17.4 Å². The van der Waals surface area contributed by atoms with Crippen LogP contribution in [0.3, 0.4) is 0 Å². The van der Waals surface area contributed by atoms with Gasteiger partial charge >= 0.3 is 0 Å². The molecule has 1 aliphatic heterocycles. The van der Waals surface area contributed by atoms with Gasteiger partial charge in [0, 0.05) is 19.0 Å². The van der Waals surface area contributed by atoms with Gasteiger partial charge in [-0.15, -0.1) is 0 Å². The third-order valence-electron chi connectivity index (χ3n) is 2.38. The quantitative estimate of drug-likeness (QED) is 0.556. The van der Waals surface area contributed by atoms with Crippen LogP contribution in [-0.2, 0) is 9.59 Å². The molecule has 0 aliphatic carbocycles. The number of imide groups is 1. The van der Waals surface area contributed by atoms with Gasteiger partial charge in [0.2, 0.25) is 5.91 Å². The molecule has 0 spiro atoms. The summed E-state index contributed by atoms with van der Waals surface area (Å²) in [5.41, 5.74) is -0.282. The molecule has 0 N–H and O–H groups in total. The third kappa shape index (κ3) is 1.49. The highest BCUT2D eigenvalue weighted by molar-refractivity contribution is 6.01. The number of rotatable bonds is 1. The maximum Gasteiger partial charge on any atom is 0.267 e. The van der Waals surface area contributed by atoms with Gasteiger partial charge in [-0.05, 0) is 19.9 Å². The summed E-state index contributed by atoms with van der Waals surface area (Å²) in [6, 6.07) is 0. The Hall–Kier alpha value is -1.16. The van der Waals surface area contributed by atoms with Crippen molar-refractivity contribution in [2.75, 3.05) is 7.05 Å². The Labute approximate surface area is 77.8 Å². The summed E-state index contributed by atoms with van der Waals surface area (Å²) in [7, 11) is 1.73. The van der Waals surface area contributed by atoms with Gasteiger partial charge in [0.15, 0.2) is 0 Å². The van der Waals surface area contributed by atoms with Crippen LogP contribution in [0.1, 0.15) is 20.3 Å². The van der Waals surface area contributed by atoms with Gasteiger partial charge in [0.05, 0.1) is 0 Å². The summed E-state index contributed by atoms with van der Waals surface area (Å²) in [4.78, 5) is 22.7. The lowest BCUT2D eigenvalue weighted by atomic mass is 10.0. The summed E-state index contributed by atoms with van der Waals surface area (Å²) in [6.07, 6.45) is 1.51. The first kappa shape index (κ1) is 9.92. The van der Waals surface area contributed by atoms with Crippen LogP contribution in [0, 0.1) is 0 Å². The van der Waals surface area contributed by atoms with Crippen molar-refractivity contribution in [2.24, 2.45) is 0 Å². The van der Waals surface area contributed by atoms with E-state index in [0.29, 0.717) is 6.42 Å². The molecule has 0 aromatic heterocycles. The topological polar surface area (TPSA) is 40.6 Å². The molecule has 2 amide bonds. The maximum atomic E-state index is 11.4. The number of nitrogens with zero attached hydrogens (tertiary/aromatic N) is 2. The first-order chi connectivity index (χ1) is 5.90. The van der Waals surface area contributed by atoms with E-state index in [1.807, 2.05) is 13.8 Å². The van der Waals surface area contributed by atoms with E-state index in [2.05, 4.69) is 6.58 Å². The lowest BCUT2D eigenvalue weighted by Gasteiger charge is -2.30. The van der Waals surface area contributed by atoms with Gasteiger partial charge in [0.25, 0.3) is 5.91 Å². The van der Waals surface area contributed by atoms with Crippen molar-refractivity contribution >= 4 is 11.8 Å². The van der Waals surface area contributed by atoms with E-state index in [9.17, 15) is 9.59 Å². The number of carbonyl (C=O) groups is 2. The molecule has 0 radical (unpaired) electrons. The predicted octanol–water partition coefficient (Wildman–Crippen LogP) is 0.557. The van der Waals surface area contributed by atoms with E-state index in [4.69, 9.17) is 0 Å². The predicted molar refractivity (Wildman–Crippen MR) is 48.5 cm³/mol. The fraction of sp³-hybridized carbons (Fsp3) is 0.556. The molecule has 72 valence electrons. The van der Waals surface area contributed by atoms with Crippen LogP contribution >= 0.6 is 0 Å². The number of amides is 2. The monoisotopic (exact) mass is 182 g/mol.